The number of benzene rings is 2. The molecule has 138 valence electrons. The number of aromatic nitrogens is 2. The molecule has 0 spiro atoms. The van der Waals surface area contributed by atoms with Crippen LogP contribution < -0.4 is 10.2 Å². The van der Waals surface area contributed by atoms with E-state index < -0.39 is 11.7 Å². The van der Waals surface area contributed by atoms with Crippen LogP contribution >= 0.6 is 0 Å². The summed E-state index contributed by atoms with van der Waals surface area (Å²) < 4.78 is 37.7. The van der Waals surface area contributed by atoms with Crippen molar-refractivity contribution in [3.05, 3.63) is 78.2 Å². The predicted octanol–water partition coefficient (Wildman–Crippen LogP) is 4.52. The summed E-state index contributed by atoms with van der Waals surface area (Å²) in [5.74, 6) is -0.0107. The third-order valence-electron chi connectivity index (χ3n) is 3.80. The van der Waals surface area contributed by atoms with Gasteiger partial charge >= 0.3 is 6.18 Å². The fourth-order valence-electron chi connectivity index (χ4n) is 2.33. The summed E-state index contributed by atoms with van der Waals surface area (Å²) >= 11 is 0. The lowest BCUT2D eigenvalue weighted by molar-refractivity contribution is -0.137. The summed E-state index contributed by atoms with van der Waals surface area (Å²) in [5.41, 5.74) is 0.567. The predicted molar refractivity (Wildman–Crippen MR) is 95.9 cm³/mol. The molecule has 3 aromatic rings. The van der Waals surface area contributed by atoms with Crippen LogP contribution in [0.3, 0.4) is 0 Å². The van der Waals surface area contributed by atoms with E-state index in [4.69, 9.17) is 0 Å². The SMILES string of the molecule is CN(C(=O)c1cnc(Nc2ccc(C(F)(F)F)cc2)cn1)c1ccccc1. The zero-order valence-corrected chi connectivity index (χ0v) is 14.2. The molecule has 0 fully saturated rings. The van der Waals surface area contributed by atoms with Gasteiger partial charge in [0.25, 0.3) is 5.91 Å². The maximum atomic E-state index is 12.6. The molecular weight excluding hydrogens is 357 g/mol. The smallest absolute Gasteiger partial charge is 0.339 e. The van der Waals surface area contributed by atoms with E-state index >= 15 is 0 Å². The average molecular weight is 372 g/mol. The molecule has 2 aromatic carbocycles. The monoisotopic (exact) mass is 372 g/mol. The zero-order chi connectivity index (χ0) is 19.4. The number of hydrogen-bond acceptors (Lipinski definition) is 4. The minimum atomic E-state index is -4.38. The number of amides is 1. The van der Waals surface area contributed by atoms with Crippen molar-refractivity contribution in [3.63, 3.8) is 0 Å². The average Bonchev–Trinajstić information content (AvgIpc) is 2.68. The summed E-state index contributed by atoms with van der Waals surface area (Å²) in [7, 11) is 1.63. The molecule has 0 atom stereocenters. The first-order valence-corrected chi connectivity index (χ1v) is 7.94. The van der Waals surface area contributed by atoms with Crippen LogP contribution in [0.2, 0.25) is 0 Å². The van der Waals surface area contributed by atoms with Crippen LogP contribution in [0, 0.1) is 0 Å². The van der Waals surface area contributed by atoms with Gasteiger partial charge in [0, 0.05) is 18.4 Å². The van der Waals surface area contributed by atoms with E-state index in [1.165, 1.54) is 29.4 Å². The van der Waals surface area contributed by atoms with E-state index in [-0.39, 0.29) is 11.6 Å². The fraction of sp³-hybridized carbons (Fsp3) is 0.105. The van der Waals surface area contributed by atoms with Crippen molar-refractivity contribution in [2.24, 2.45) is 0 Å². The molecular formula is C19H15F3N4O. The van der Waals surface area contributed by atoms with Gasteiger partial charge < -0.3 is 10.2 Å². The maximum absolute atomic E-state index is 12.6. The molecule has 0 unspecified atom stereocenters. The number of rotatable bonds is 4. The molecule has 27 heavy (non-hydrogen) atoms. The van der Waals surface area contributed by atoms with E-state index in [1.54, 1.807) is 19.2 Å². The highest BCUT2D eigenvalue weighted by Gasteiger charge is 2.29. The Hall–Kier alpha value is -3.42. The topological polar surface area (TPSA) is 58.1 Å². The van der Waals surface area contributed by atoms with E-state index in [9.17, 15) is 18.0 Å². The van der Waals surface area contributed by atoms with Crippen LogP contribution in [-0.2, 0) is 6.18 Å². The van der Waals surface area contributed by atoms with Gasteiger partial charge in [-0.3, -0.25) is 4.79 Å². The molecule has 0 saturated heterocycles. The van der Waals surface area contributed by atoms with Crippen LogP contribution in [0.25, 0.3) is 0 Å². The van der Waals surface area contributed by atoms with Gasteiger partial charge in [-0.15, -0.1) is 0 Å². The molecule has 1 heterocycles. The van der Waals surface area contributed by atoms with Crippen molar-refractivity contribution < 1.29 is 18.0 Å². The summed E-state index contributed by atoms with van der Waals surface area (Å²) in [6.45, 7) is 0. The second kappa shape index (κ2) is 7.45. The third-order valence-corrected chi connectivity index (χ3v) is 3.80. The summed E-state index contributed by atoms with van der Waals surface area (Å²) in [6.07, 6.45) is -1.72. The maximum Gasteiger partial charge on any atom is 0.416 e. The summed E-state index contributed by atoms with van der Waals surface area (Å²) in [6, 6.07) is 13.6. The molecule has 0 aliphatic carbocycles. The lowest BCUT2D eigenvalue weighted by Crippen LogP contribution is -2.27. The number of anilines is 3. The van der Waals surface area contributed by atoms with Crippen LogP contribution in [0.4, 0.5) is 30.4 Å². The third kappa shape index (κ3) is 4.41. The first-order chi connectivity index (χ1) is 12.8. The van der Waals surface area contributed by atoms with Crippen LogP contribution in [0.5, 0.6) is 0 Å². The highest BCUT2D eigenvalue weighted by Crippen LogP contribution is 2.30. The second-order valence-corrected chi connectivity index (χ2v) is 5.69. The molecule has 0 radical (unpaired) electrons. The number of carbonyl (C=O) groups excluding carboxylic acids is 1. The van der Waals surface area contributed by atoms with E-state index in [0.29, 0.717) is 11.5 Å². The minimum Gasteiger partial charge on any atom is -0.339 e. The molecule has 1 amide bonds. The van der Waals surface area contributed by atoms with Gasteiger partial charge in [-0.2, -0.15) is 13.2 Å². The summed E-state index contributed by atoms with van der Waals surface area (Å²) in [5, 5.41) is 2.84. The lowest BCUT2D eigenvalue weighted by atomic mass is 10.2. The van der Waals surface area contributed by atoms with Gasteiger partial charge in [-0.1, -0.05) is 18.2 Å². The van der Waals surface area contributed by atoms with Gasteiger partial charge in [-0.05, 0) is 36.4 Å². The number of nitrogens with one attached hydrogen (secondary N) is 1. The number of alkyl halides is 3. The number of para-hydroxylation sites is 1. The number of nitrogens with zero attached hydrogens (tertiary/aromatic N) is 3. The van der Waals surface area contributed by atoms with Crippen molar-refractivity contribution in [2.45, 2.75) is 6.18 Å². The van der Waals surface area contributed by atoms with Crippen molar-refractivity contribution in [3.8, 4) is 0 Å². The van der Waals surface area contributed by atoms with Gasteiger partial charge in [0.1, 0.15) is 11.5 Å². The normalized spacial score (nSPS) is 11.1. The Morgan fingerprint density at radius 1 is 0.963 bits per heavy atom. The number of halogens is 3. The Morgan fingerprint density at radius 3 is 2.19 bits per heavy atom. The molecule has 0 bridgehead atoms. The van der Waals surface area contributed by atoms with Crippen LogP contribution in [-0.4, -0.2) is 22.9 Å². The first-order valence-electron chi connectivity index (χ1n) is 7.94. The van der Waals surface area contributed by atoms with Crippen LogP contribution in [0.15, 0.2) is 67.0 Å². The number of carbonyl (C=O) groups is 1. The quantitative estimate of drug-likeness (QED) is 0.732. The second-order valence-electron chi connectivity index (χ2n) is 5.69. The van der Waals surface area contributed by atoms with E-state index in [0.717, 1.165) is 17.8 Å². The summed E-state index contributed by atoms with van der Waals surface area (Å²) in [4.78, 5) is 22.1. The molecule has 8 heteroatoms. The van der Waals surface area contributed by atoms with E-state index in [2.05, 4.69) is 15.3 Å². The lowest BCUT2D eigenvalue weighted by Gasteiger charge is -2.16. The highest BCUT2D eigenvalue weighted by molar-refractivity contribution is 6.04. The molecule has 0 aliphatic heterocycles. The van der Waals surface area contributed by atoms with Crippen molar-refractivity contribution in [1.29, 1.82) is 0 Å². The Labute approximate surface area is 153 Å². The van der Waals surface area contributed by atoms with Gasteiger partial charge in [0.15, 0.2) is 0 Å². The Balaban J connectivity index is 1.69. The number of hydrogen-bond donors (Lipinski definition) is 1. The van der Waals surface area contributed by atoms with Crippen molar-refractivity contribution >= 4 is 23.1 Å². The van der Waals surface area contributed by atoms with Gasteiger partial charge in [0.2, 0.25) is 0 Å². The van der Waals surface area contributed by atoms with Gasteiger partial charge in [-0.25, -0.2) is 9.97 Å². The fourth-order valence-corrected chi connectivity index (χ4v) is 2.33. The Morgan fingerprint density at radius 2 is 1.63 bits per heavy atom. The molecule has 0 saturated carbocycles. The highest BCUT2D eigenvalue weighted by atomic mass is 19.4. The Kier molecular flexibility index (Phi) is 5.07. The van der Waals surface area contributed by atoms with E-state index in [1.807, 2.05) is 18.2 Å². The van der Waals surface area contributed by atoms with Crippen molar-refractivity contribution in [1.82, 2.24) is 9.97 Å². The van der Waals surface area contributed by atoms with Crippen molar-refractivity contribution in [2.75, 3.05) is 17.3 Å². The zero-order valence-electron chi connectivity index (χ0n) is 14.2. The molecule has 1 N–H and O–H groups in total. The first kappa shape index (κ1) is 18.4. The molecule has 5 nitrogen and oxygen atoms in total. The molecule has 3 rings (SSSR count). The molecule has 1 aromatic heterocycles. The Bertz CT molecular complexity index is 910. The standard InChI is InChI=1S/C19H15F3N4O/c1-26(15-5-3-2-4-6-15)18(27)16-11-24-17(12-23-16)25-14-9-7-13(8-10-14)19(20,21)22/h2-12H,1H3,(H,24,25). The van der Waals surface area contributed by atoms with Crippen LogP contribution in [0.1, 0.15) is 16.1 Å². The largest absolute Gasteiger partial charge is 0.416 e. The molecule has 0 aliphatic rings. The van der Waals surface area contributed by atoms with Gasteiger partial charge in [0.05, 0.1) is 18.0 Å². The minimum absolute atomic E-state index is 0.152.